The maximum absolute atomic E-state index is 8.97. The summed E-state index contributed by atoms with van der Waals surface area (Å²) in [5, 5.41) is 15.5. The highest BCUT2D eigenvalue weighted by Crippen LogP contribution is 2.13. The first kappa shape index (κ1) is 6.09. The molecule has 0 amide bonds. The van der Waals surface area contributed by atoms with Crippen LogP contribution in [0.15, 0.2) is 6.20 Å². The van der Waals surface area contributed by atoms with Crippen LogP contribution in [-0.4, -0.2) is 25.3 Å². The van der Waals surface area contributed by atoms with Crippen molar-refractivity contribution >= 4 is 11.0 Å². The summed E-state index contributed by atoms with van der Waals surface area (Å²) in [4.78, 5) is 7.49. The van der Waals surface area contributed by atoms with E-state index >= 15 is 0 Å². The lowest BCUT2D eigenvalue weighted by atomic mass is 10.4. The van der Waals surface area contributed by atoms with Crippen LogP contribution in [0.5, 0.6) is 6.01 Å². The Morgan fingerprint density at radius 3 is 3.09 bits per heavy atom. The highest BCUT2D eigenvalue weighted by atomic mass is 16.3. The molecule has 5 heteroatoms. The van der Waals surface area contributed by atoms with E-state index in [0.717, 1.165) is 5.52 Å². The normalized spacial score (nSPS) is 10.6. The van der Waals surface area contributed by atoms with Gasteiger partial charge in [0.25, 0.3) is 0 Å². The minimum atomic E-state index is -0.212. The summed E-state index contributed by atoms with van der Waals surface area (Å²) in [6, 6.07) is -0.212. The van der Waals surface area contributed by atoms with Crippen LogP contribution in [0.25, 0.3) is 11.0 Å². The van der Waals surface area contributed by atoms with E-state index in [9.17, 15) is 0 Å². The third-order valence-electron chi connectivity index (χ3n) is 1.47. The minimum Gasteiger partial charge on any atom is -0.479 e. The minimum absolute atomic E-state index is 0.212. The molecule has 56 valence electrons. The van der Waals surface area contributed by atoms with Gasteiger partial charge in [0, 0.05) is 0 Å². The number of aromatic hydroxyl groups is 1. The van der Waals surface area contributed by atoms with Gasteiger partial charge in [0.15, 0.2) is 0 Å². The molecule has 5 nitrogen and oxygen atoms in total. The van der Waals surface area contributed by atoms with Crippen molar-refractivity contribution in [2.75, 3.05) is 0 Å². The molecular formula is C6H6N4O. The van der Waals surface area contributed by atoms with Gasteiger partial charge in [-0.05, 0) is 6.92 Å². The van der Waals surface area contributed by atoms with Crippen molar-refractivity contribution in [3.05, 3.63) is 11.9 Å². The van der Waals surface area contributed by atoms with Crippen LogP contribution in [0.2, 0.25) is 0 Å². The van der Waals surface area contributed by atoms with Crippen molar-refractivity contribution in [3.63, 3.8) is 0 Å². The molecule has 11 heavy (non-hydrogen) atoms. The molecule has 0 spiro atoms. The van der Waals surface area contributed by atoms with Crippen LogP contribution in [0.1, 0.15) is 5.69 Å². The number of H-pyrrole nitrogens is 1. The van der Waals surface area contributed by atoms with Crippen LogP contribution in [-0.2, 0) is 0 Å². The van der Waals surface area contributed by atoms with Crippen molar-refractivity contribution in [2.24, 2.45) is 0 Å². The molecule has 0 aliphatic carbocycles. The van der Waals surface area contributed by atoms with Gasteiger partial charge >= 0.3 is 6.01 Å². The average molecular weight is 150 g/mol. The van der Waals surface area contributed by atoms with Crippen molar-refractivity contribution in [1.82, 2.24) is 20.2 Å². The van der Waals surface area contributed by atoms with Crippen LogP contribution in [0, 0.1) is 6.92 Å². The van der Waals surface area contributed by atoms with E-state index in [1.165, 1.54) is 0 Å². The second kappa shape index (κ2) is 1.91. The van der Waals surface area contributed by atoms with Crippen LogP contribution < -0.4 is 0 Å². The molecule has 0 aliphatic rings. The Labute approximate surface area is 62.1 Å². The summed E-state index contributed by atoms with van der Waals surface area (Å²) >= 11 is 0. The molecule has 2 heterocycles. The summed E-state index contributed by atoms with van der Waals surface area (Å²) in [6.07, 6.45) is 1.55. The Hall–Kier alpha value is -1.65. The fraction of sp³-hybridized carbons (Fsp3) is 0.167. The maximum atomic E-state index is 8.97. The molecule has 0 aromatic carbocycles. The van der Waals surface area contributed by atoms with E-state index in [1.54, 1.807) is 13.1 Å². The first-order chi connectivity index (χ1) is 5.27. The predicted octanol–water partition coefficient (Wildman–Crippen LogP) is 0.367. The van der Waals surface area contributed by atoms with Crippen molar-refractivity contribution in [2.45, 2.75) is 6.92 Å². The summed E-state index contributed by atoms with van der Waals surface area (Å²) in [6.45, 7) is 1.78. The van der Waals surface area contributed by atoms with Crippen molar-refractivity contribution < 1.29 is 5.11 Å². The van der Waals surface area contributed by atoms with Gasteiger partial charge in [0.1, 0.15) is 11.0 Å². The summed E-state index contributed by atoms with van der Waals surface area (Å²) in [7, 11) is 0. The number of rotatable bonds is 0. The topological polar surface area (TPSA) is 74.7 Å². The summed E-state index contributed by atoms with van der Waals surface area (Å²) in [5.74, 6) is 0. The van der Waals surface area contributed by atoms with Gasteiger partial charge in [-0.1, -0.05) is 0 Å². The van der Waals surface area contributed by atoms with Gasteiger partial charge in [-0.3, -0.25) is 5.10 Å². The lowest BCUT2D eigenvalue weighted by Crippen LogP contribution is -1.86. The van der Waals surface area contributed by atoms with Gasteiger partial charge in [-0.15, -0.1) is 0 Å². The highest BCUT2D eigenvalue weighted by molar-refractivity contribution is 5.75. The Bertz CT molecular complexity index is 394. The number of fused-ring (bicyclic) bond motifs is 1. The zero-order valence-corrected chi connectivity index (χ0v) is 5.87. The molecule has 0 saturated carbocycles. The van der Waals surface area contributed by atoms with E-state index < -0.39 is 0 Å². The van der Waals surface area contributed by atoms with Crippen LogP contribution in [0.4, 0.5) is 0 Å². The second-order valence-electron chi connectivity index (χ2n) is 2.24. The molecular weight excluding hydrogens is 144 g/mol. The van der Waals surface area contributed by atoms with Crippen LogP contribution >= 0.6 is 0 Å². The Balaban J connectivity index is 2.91. The Morgan fingerprint density at radius 1 is 1.45 bits per heavy atom. The standard InChI is InChI=1S/C6H6N4O/c1-3-5-4(2-7-10-5)9-6(11)8-3/h2H,1H3,(H,7,10)(H,8,9,11). The van der Waals surface area contributed by atoms with E-state index in [1.807, 2.05) is 0 Å². The first-order valence-electron chi connectivity index (χ1n) is 3.14. The van der Waals surface area contributed by atoms with Crippen LogP contribution in [0.3, 0.4) is 0 Å². The fourth-order valence-corrected chi connectivity index (χ4v) is 0.969. The molecule has 0 radical (unpaired) electrons. The Morgan fingerprint density at radius 2 is 2.27 bits per heavy atom. The number of hydrogen-bond acceptors (Lipinski definition) is 4. The van der Waals surface area contributed by atoms with Gasteiger partial charge in [-0.2, -0.15) is 15.1 Å². The SMILES string of the molecule is Cc1nc(O)nc2cn[nH]c12. The third kappa shape index (κ3) is 0.813. The molecule has 2 N–H and O–H groups in total. The van der Waals surface area contributed by atoms with Gasteiger partial charge in [0.2, 0.25) is 0 Å². The zero-order chi connectivity index (χ0) is 7.84. The molecule has 2 aromatic rings. The molecule has 2 aromatic heterocycles. The van der Waals surface area contributed by atoms with Crippen molar-refractivity contribution in [3.8, 4) is 6.01 Å². The maximum Gasteiger partial charge on any atom is 0.314 e. The quantitative estimate of drug-likeness (QED) is 0.568. The number of nitrogens with one attached hydrogen (secondary N) is 1. The number of aromatic amines is 1. The number of hydrogen-bond donors (Lipinski definition) is 2. The predicted molar refractivity (Wildman–Crippen MR) is 38.1 cm³/mol. The van der Waals surface area contributed by atoms with E-state index in [-0.39, 0.29) is 6.01 Å². The Kier molecular flexibility index (Phi) is 1.06. The molecule has 0 aliphatic heterocycles. The van der Waals surface area contributed by atoms with E-state index in [2.05, 4.69) is 20.2 Å². The van der Waals surface area contributed by atoms with Gasteiger partial charge in [-0.25, -0.2) is 0 Å². The second-order valence-corrected chi connectivity index (χ2v) is 2.24. The van der Waals surface area contributed by atoms with E-state index in [4.69, 9.17) is 5.11 Å². The number of nitrogens with zero attached hydrogens (tertiary/aromatic N) is 3. The van der Waals surface area contributed by atoms with Gasteiger partial charge in [0.05, 0.1) is 11.9 Å². The smallest absolute Gasteiger partial charge is 0.314 e. The van der Waals surface area contributed by atoms with E-state index in [0.29, 0.717) is 11.2 Å². The lowest BCUT2D eigenvalue weighted by Gasteiger charge is -1.93. The molecule has 0 bridgehead atoms. The van der Waals surface area contributed by atoms with Gasteiger partial charge < -0.3 is 5.11 Å². The molecule has 0 fully saturated rings. The zero-order valence-electron chi connectivity index (χ0n) is 5.87. The van der Waals surface area contributed by atoms with Crippen molar-refractivity contribution in [1.29, 1.82) is 0 Å². The summed E-state index contributed by atoms with van der Waals surface area (Å²) < 4.78 is 0. The molecule has 0 unspecified atom stereocenters. The average Bonchev–Trinajstić information content (AvgIpc) is 2.34. The number of aryl methyl sites for hydroxylation is 1. The third-order valence-corrected chi connectivity index (χ3v) is 1.47. The largest absolute Gasteiger partial charge is 0.479 e. The lowest BCUT2D eigenvalue weighted by molar-refractivity contribution is 0.432. The molecule has 0 atom stereocenters. The first-order valence-corrected chi connectivity index (χ1v) is 3.14. The monoisotopic (exact) mass is 150 g/mol. The highest BCUT2D eigenvalue weighted by Gasteiger charge is 2.03. The number of aromatic nitrogens is 4. The fourth-order valence-electron chi connectivity index (χ4n) is 0.969. The molecule has 0 saturated heterocycles. The molecule has 2 rings (SSSR count). The summed E-state index contributed by atoms with van der Waals surface area (Å²) in [5.41, 5.74) is 2.10.